The lowest BCUT2D eigenvalue weighted by atomic mass is 10.1. The topological polar surface area (TPSA) is 32.5 Å². The quantitative estimate of drug-likeness (QED) is 0.867. The lowest BCUT2D eigenvalue weighted by molar-refractivity contribution is 0.0724. The fourth-order valence-corrected chi connectivity index (χ4v) is 3.10. The van der Waals surface area contributed by atoms with Crippen molar-refractivity contribution in [3.8, 4) is 0 Å². The van der Waals surface area contributed by atoms with Gasteiger partial charge in [0.05, 0.1) is 5.69 Å². The van der Waals surface area contributed by atoms with E-state index in [2.05, 4.69) is 21.7 Å². The first kappa shape index (κ1) is 16.1. The van der Waals surface area contributed by atoms with Crippen LogP contribution in [0, 0.1) is 18.6 Å². The third-order valence-electron chi connectivity index (χ3n) is 4.21. The molecule has 1 unspecified atom stereocenters. The number of nitrogens with zero attached hydrogens (tertiary/aromatic N) is 3. The molecular weight excluding hydrogens is 300 g/mol. The Balaban J connectivity index is 1.58. The smallest absolute Gasteiger partial charge is 0.191 e. The van der Waals surface area contributed by atoms with Crippen LogP contribution in [0.4, 0.5) is 8.78 Å². The SMILES string of the molecule is Cc1nc(CN2CCN(Cc3cc(F)cc(F)c3)C(C)C2)co1. The number of hydrogen-bond donors (Lipinski definition) is 0. The normalized spacial score (nSPS) is 20.1. The van der Waals surface area contributed by atoms with E-state index in [0.29, 0.717) is 24.0 Å². The number of rotatable bonds is 4. The van der Waals surface area contributed by atoms with Crippen molar-refractivity contribution in [3.63, 3.8) is 0 Å². The number of piperazine rings is 1. The number of hydrogen-bond acceptors (Lipinski definition) is 4. The maximum Gasteiger partial charge on any atom is 0.191 e. The highest BCUT2D eigenvalue weighted by molar-refractivity contribution is 5.18. The van der Waals surface area contributed by atoms with Crippen LogP contribution < -0.4 is 0 Å². The lowest BCUT2D eigenvalue weighted by Gasteiger charge is -2.39. The van der Waals surface area contributed by atoms with Gasteiger partial charge in [0.2, 0.25) is 0 Å². The van der Waals surface area contributed by atoms with Crippen molar-refractivity contribution >= 4 is 0 Å². The molecule has 1 aliphatic heterocycles. The third kappa shape index (κ3) is 4.14. The predicted molar refractivity (Wildman–Crippen MR) is 82.7 cm³/mol. The van der Waals surface area contributed by atoms with Gasteiger partial charge in [-0.3, -0.25) is 9.80 Å². The molecule has 3 rings (SSSR count). The molecule has 0 N–H and O–H groups in total. The second kappa shape index (κ2) is 6.76. The largest absolute Gasteiger partial charge is 0.449 e. The first-order valence-electron chi connectivity index (χ1n) is 7.82. The Bertz CT molecular complexity index is 653. The fourth-order valence-electron chi connectivity index (χ4n) is 3.10. The van der Waals surface area contributed by atoms with Crippen molar-refractivity contribution in [1.82, 2.24) is 14.8 Å². The molecule has 1 aromatic carbocycles. The van der Waals surface area contributed by atoms with Crippen LogP contribution in [-0.4, -0.2) is 40.5 Å². The average Bonchev–Trinajstić information content (AvgIpc) is 2.86. The number of oxazole rings is 1. The zero-order valence-corrected chi connectivity index (χ0v) is 13.4. The zero-order valence-electron chi connectivity index (χ0n) is 13.4. The van der Waals surface area contributed by atoms with Gasteiger partial charge < -0.3 is 4.42 Å². The van der Waals surface area contributed by atoms with E-state index in [1.54, 1.807) is 6.26 Å². The summed E-state index contributed by atoms with van der Waals surface area (Å²) in [6.07, 6.45) is 1.70. The van der Waals surface area contributed by atoms with Gasteiger partial charge in [0.15, 0.2) is 5.89 Å². The van der Waals surface area contributed by atoms with Gasteiger partial charge in [-0.15, -0.1) is 0 Å². The molecule has 0 saturated carbocycles. The van der Waals surface area contributed by atoms with Crippen LogP contribution in [0.1, 0.15) is 24.1 Å². The van der Waals surface area contributed by atoms with E-state index < -0.39 is 11.6 Å². The summed E-state index contributed by atoms with van der Waals surface area (Å²) >= 11 is 0. The molecule has 6 heteroatoms. The highest BCUT2D eigenvalue weighted by atomic mass is 19.1. The van der Waals surface area contributed by atoms with Crippen molar-refractivity contribution in [2.45, 2.75) is 33.0 Å². The molecule has 2 heterocycles. The summed E-state index contributed by atoms with van der Waals surface area (Å²) in [5.74, 6) is -0.361. The Morgan fingerprint density at radius 2 is 1.91 bits per heavy atom. The molecule has 1 saturated heterocycles. The number of aryl methyl sites for hydroxylation is 1. The van der Waals surface area contributed by atoms with Crippen LogP contribution in [0.15, 0.2) is 28.9 Å². The van der Waals surface area contributed by atoms with Gasteiger partial charge >= 0.3 is 0 Å². The molecule has 4 nitrogen and oxygen atoms in total. The summed E-state index contributed by atoms with van der Waals surface area (Å²) in [5.41, 5.74) is 1.62. The van der Waals surface area contributed by atoms with Gasteiger partial charge in [0.25, 0.3) is 0 Å². The van der Waals surface area contributed by atoms with Gasteiger partial charge in [-0.05, 0) is 24.6 Å². The average molecular weight is 321 g/mol. The van der Waals surface area contributed by atoms with E-state index in [-0.39, 0.29) is 0 Å². The van der Waals surface area contributed by atoms with Crippen molar-refractivity contribution in [2.75, 3.05) is 19.6 Å². The molecular formula is C17H21F2N3O. The fraction of sp³-hybridized carbons (Fsp3) is 0.471. The van der Waals surface area contributed by atoms with Crippen LogP contribution in [-0.2, 0) is 13.1 Å². The van der Waals surface area contributed by atoms with E-state index in [1.165, 1.54) is 12.1 Å². The molecule has 1 aliphatic rings. The molecule has 2 aromatic rings. The van der Waals surface area contributed by atoms with Crippen LogP contribution in [0.25, 0.3) is 0 Å². The van der Waals surface area contributed by atoms with E-state index >= 15 is 0 Å². The van der Waals surface area contributed by atoms with Crippen molar-refractivity contribution in [3.05, 3.63) is 53.2 Å². The number of benzene rings is 1. The van der Waals surface area contributed by atoms with Gasteiger partial charge in [-0.1, -0.05) is 0 Å². The van der Waals surface area contributed by atoms with Gasteiger partial charge in [0, 0.05) is 51.8 Å². The van der Waals surface area contributed by atoms with Gasteiger partial charge in [-0.25, -0.2) is 13.8 Å². The molecule has 0 aliphatic carbocycles. The maximum absolute atomic E-state index is 13.3. The molecule has 1 fully saturated rings. The second-order valence-electron chi connectivity index (χ2n) is 6.19. The van der Waals surface area contributed by atoms with Crippen LogP contribution in [0.5, 0.6) is 0 Å². The molecule has 0 amide bonds. The second-order valence-corrected chi connectivity index (χ2v) is 6.19. The summed E-state index contributed by atoms with van der Waals surface area (Å²) in [4.78, 5) is 8.90. The molecule has 0 spiro atoms. The van der Waals surface area contributed by atoms with E-state index in [0.717, 1.165) is 37.9 Å². The third-order valence-corrected chi connectivity index (χ3v) is 4.21. The highest BCUT2D eigenvalue weighted by Gasteiger charge is 2.24. The Hall–Kier alpha value is -1.79. The molecule has 23 heavy (non-hydrogen) atoms. The minimum Gasteiger partial charge on any atom is -0.449 e. The summed E-state index contributed by atoms with van der Waals surface area (Å²) in [5, 5.41) is 0. The summed E-state index contributed by atoms with van der Waals surface area (Å²) in [7, 11) is 0. The molecule has 0 bridgehead atoms. The Morgan fingerprint density at radius 3 is 2.52 bits per heavy atom. The lowest BCUT2D eigenvalue weighted by Crippen LogP contribution is -2.50. The summed E-state index contributed by atoms with van der Waals surface area (Å²) in [6.45, 7) is 7.95. The minimum atomic E-state index is -0.521. The van der Waals surface area contributed by atoms with Crippen LogP contribution in [0.2, 0.25) is 0 Å². The first-order valence-corrected chi connectivity index (χ1v) is 7.82. The van der Waals surface area contributed by atoms with E-state index in [1.807, 2.05) is 6.92 Å². The maximum atomic E-state index is 13.3. The van der Waals surface area contributed by atoms with E-state index in [4.69, 9.17) is 4.42 Å². The van der Waals surface area contributed by atoms with Crippen molar-refractivity contribution in [1.29, 1.82) is 0 Å². The Labute approximate surface area is 134 Å². The molecule has 1 atom stereocenters. The Morgan fingerprint density at radius 1 is 1.17 bits per heavy atom. The summed E-state index contributed by atoms with van der Waals surface area (Å²) < 4.78 is 31.8. The molecule has 124 valence electrons. The summed E-state index contributed by atoms with van der Waals surface area (Å²) in [6, 6.07) is 4.02. The highest BCUT2D eigenvalue weighted by Crippen LogP contribution is 2.17. The first-order chi connectivity index (χ1) is 11.0. The zero-order chi connectivity index (χ0) is 16.4. The van der Waals surface area contributed by atoms with Gasteiger partial charge in [-0.2, -0.15) is 0 Å². The van der Waals surface area contributed by atoms with Crippen LogP contribution >= 0.6 is 0 Å². The molecule has 0 radical (unpaired) electrons. The number of halogens is 2. The molecule has 1 aromatic heterocycles. The Kier molecular flexibility index (Phi) is 4.73. The van der Waals surface area contributed by atoms with Crippen LogP contribution in [0.3, 0.4) is 0 Å². The van der Waals surface area contributed by atoms with Crippen molar-refractivity contribution < 1.29 is 13.2 Å². The number of aromatic nitrogens is 1. The van der Waals surface area contributed by atoms with E-state index in [9.17, 15) is 8.78 Å². The van der Waals surface area contributed by atoms with Crippen molar-refractivity contribution in [2.24, 2.45) is 0 Å². The minimum absolute atomic E-state index is 0.308. The monoisotopic (exact) mass is 321 g/mol. The standard InChI is InChI=1S/C17H21F2N3O/c1-12-8-21(10-17-11-23-13(2)20-17)3-4-22(12)9-14-5-15(18)7-16(19)6-14/h5-7,11-12H,3-4,8-10H2,1-2H3. The van der Waals surface area contributed by atoms with Gasteiger partial charge in [0.1, 0.15) is 17.9 Å². The predicted octanol–water partition coefficient (Wildman–Crippen LogP) is 2.97.